The highest BCUT2D eigenvalue weighted by atomic mass is 32.1. The third-order valence-corrected chi connectivity index (χ3v) is 4.24. The molecule has 0 aliphatic rings. The predicted molar refractivity (Wildman–Crippen MR) is 74.0 cm³/mol. The summed E-state index contributed by atoms with van der Waals surface area (Å²) in [5.74, 6) is 0. The first-order valence-electron chi connectivity index (χ1n) is 4.25. The lowest BCUT2D eigenvalue weighted by Gasteiger charge is -1.98. The zero-order valence-electron chi connectivity index (χ0n) is 7.56. The largest absolute Gasteiger partial charge is 0.141 e. The molecular weight excluding hydrogens is 260 g/mol. The summed E-state index contributed by atoms with van der Waals surface area (Å²) >= 11 is 19.9. The van der Waals surface area contributed by atoms with Crippen molar-refractivity contribution in [2.45, 2.75) is 4.90 Å². The van der Waals surface area contributed by atoms with Crippen LogP contribution in [0.4, 0.5) is 0 Å². The first-order chi connectivity index (χ1) is 7.13. The Morgan fingerprint density at radius 1 is 0.800 bits per heavy atom. The standard InChI is InChI=1S/C11H6S4/c12-8-7(6-4-2-1-3-5-6)9(13)11(15)10(8)14/h1-5,12H. The zero-order chi connectivity index (χ0) is 11.0. The Balaban J connectivity index is 2.87. The molecule has 15 heavy (non-hydrogen) atoms. The van der Waals surface area contributed by atoms with Crippen LogP contribution in [0.5, 0.6) is 0 Å². The topological polar surface area (TPSA) is 0 Å². The van der Waals surface area contributed by atoms with Gasteiger partial charge in [-0.3, -0.25) is 0 Å². The van der Waals surface area contributed by atoms with Gasteiger partial charge in [-0.05, 0) is 5.56 Å². The molecule has 0 N–H and O–H groups in total. The second kappa shape index (κ2) is 4.22. The smallest absolute Gasteiger partial charge is 0.0756 e. The zero-order valence-corrected chi connectivity index (χ0v) is 10.9. The lowest BCUT2D eigenvalue weighted by molar-refractivity contribution is 1.52. The fraction of sp³-hybridized carbons (Fsp3) is 0. The minimum atomic E-state index is 0.573. The fourth-order valence-electron chi connectivity index (χ4n) is 1.42. The molecule has 0 aliphatic carbocycles. The van der Waals surface area contributed by atoms with Crippen molar-refractivity contribution in [1.82, 2.24) is 0 Å². The summed E-state index contributed by atoms with van der Waals surface area (Å²) in [4.78, 5) is 0.728. The molecule has 0 saturated carbocycles. The second-order valence-corrected chi connectivity index (χ2v) is 4.75. The third-order valence-electron chi connectivity index (χ3n) is 2.15. The summed E-state index contributed by atoms with van der Waals surface area (Å²) in [6, 6.07) is 9.83. The van der Waals surface area contributed by atoms with E-state index in [1.54, 1.807) is 0 Å². The van der Waals surface area contributed by atoms with Gasteiger partial charge in [-0.25, -0.2) is 0 Å². The van der Waals surface area contributed by atoms with E-state index in [2.05, 4.69) is 12.6 Å². The molecule has 0 bridgehead atoms. The molecule has 2 rings (SSSR count). The summed E-state index contributed by atoms with van der Waals surface area (Å²) in [7, 11) is 0. The highest BCUT2D eigenvalue weighted by Crippen LogP contribution is 2.31. The molecule has 0 radical (unpaired) electrons. The van der Waals surface area contributed by atoms with Gasteiger partial charge < -0.3 is 0 Å². The lowest BCUT2D eigenvalue weighted by Crippen LogP contribution is -1.74. The predicted octanol–water partition coefficient (Wildman–Crippen LogP) is 4.71. The van der Waals surface area contributed by atoms with Crippen molar-refractivity contribution in [3.05, 3.63) is 43.9 Å². The van der Waals surface area contributed by atoms with Crippen LogP contribution in [0.2, 0.25) is 0 Å². The van der Waals surface area contributed by atoms with Crippen molar-refractivity contribution in [2.75, 3.05) is 0 Å². The van der Waals surface area contributed by atoms with Crippen molar-refractivity contribution in [3.8, 4) is 11.1 Å². The number of hydrogen-bond acceptors (Lipinski definition) is 4. The maximum Gasteiger partial charge on any atom is 0.0756 e. The molecule has 0 nitrogen and oxygen atoms in total. The van der Waals surface area contributed by atoms with E-state index in [0.29, 0.717) is 13.5 Å². The van der Waals surface area contributed by atoms with Gasteiger partial charge in [-0.2, -0.15) is 0 Å². The Bertz CT molecular complexity index is 634. The van der Waals surface area contributed by atoms with E-state index in [1.807, 2.05) is 30.3 Å². The number of rotatable bonds is 1. The molecule has 2 aromatic rings. The molecular formula is C11H6S4. The van der Waals surface area contributed by atoms with Gasteiger partial charge in [0, 0.05) is 10.5 Å². The molecule has 0 aromatic heterocycles. The van der Waals surface area contributed by atoms with Crippen LogP contribution in [0, 0.1) is 13.5 Å². The highest BCUT2D eigenvalue weighted by Gasteiger charge is 2.10. The van der Waals surface area contributed by atoms with Crippen LogP contribution in [0.3, 0.4) is 0 Å². The summed E-state index contributed by atoms with van der Waals surface area (Å²) in [5, 5.41) is 0. The van der Waals surface area contributed by atoms with Crippen LogP contribution in [-0.4, -0.2) is 0 Å². The normalized spacial score (nSPS) is 10.5. The van der Waals surface area contributed by atoms with Gasteiger partial charge in [0.05, 0.1) is 13.5 Å². The van der Waals surface area contributed by atoms with Gasteiger partial charge in [0.1, 0.15) is 0 Å². The molecule has 0 atom stereocenters. The highest BCUT2D eigenvalue weighted by molar-refractivity contribution is 7.81. The molecule has 0 unspecified atom stereocenters. The average molecular weight is 266 g/mol. The van der Waals surface area contributed by atoms with E-state index in [-0.39, 0.29) is 0 Å². The Labute approximate surface area is 109 Å². The maximum absolute atomic E-state index is 5.26. The van der Waals surface area contributed by atoms with E-state index in [0.717, 1.165) is 16.0 Å². The summed E-state index contributed by atoms with van der Waals surface area (Å²) in [5.41, 5.74) is 1.92. The second-order valence-electron chi connectivity index (χ2n) is 3.08. The molecule has 0 saturated heterocycles. The number of thiol groups is 1. The van der Waals surface area contributed by atoms with Crippen molar-refractivity contribution in [1.29, 1.82) is 0 Å². The van der Waals surface area contributed by atoms with E-state index < -0.39 is 0 Å². The molecule has 2 aromatic carbocycles. The van der Waals surface area contributed by atoms with Crippen LogP contribution in [0.25, 0.3) is 11.1 Å². The summed E-state index contributed by atoms with van der Waals surface area (Å²) < 4.78 is 1.81. The van der Waals surface area contributed by atoms with Gasteiger partial charge in [0.15, 0.2) is 0 Å². The molecule has 0 spiro atoms. The molecule has 0 aliphatic heterocycles. The van der Waals surface area contributed by atoms with Gasteiger partial charge >= 0.3 is 0 Å². The molecule has 0 fully saturated rings. The van der Waals surface area contributed by atoms with Crippen LogP contribution < -0.4 is 0 Å². The average Bonchev–Trinajstić information content (AvgIpc) is 2.45. The van der Waals surface area contributed by atoms with Gasteiger partial charge in [0.25, 0.3) is 0 Å². The van der Waals surface area contributed by atoms with Crippen LogP contribution in [0.15, 0.2) is 35.2 Å². The maximum atomic E-state index is 5.26. The Hall–Kier alpha value is -0.420. The Kier molecular flexibility index (Phi) is 3.11. The fourth-order valence-corrected chi connectivity index (χ4v) is 2.72. The lowest BCUT2D eigenvalue weighted by atomic mass is 10.1. The summed E-state index contributed by atoms with van der Waals surface area (Å²) in [6.45, 7) is 0. The number of hydrogen-bond donors (Lipinski definition) is 1. The molecule has 74 valence electrons. The van der Waals surface area contributed by atoms with Gasteiger partial charge in [0.2, 0.25) is 0 Å². The Morgan fingerprint density at radius 3 is 1.87 bits per heavy atom. The minimum absolute atomic E-state index is 0.573. The van der Waals surface area contributed by atoms with Crippen LogP contribution in [0.1, 0.15) is 0 Å². The van der Waals surface area contributed by atoms with Crippen molar-refractivity contribution in [2.24, 2.45) is 0 Å². The monoisotopic (exact) mass is 266 g/mol. The quantitative estimate of drug-likeness (QED) is 0.587. The summed E-state index contributed by atoms with van der Waals surface area (Å²) in [6.07, 6.45) is 0. The van der Waals surface area contributed by atoms with Crippen LogP contribution >= 0.6 is 49.3 Å². The van der Waals surface area contributed by atoms with E-state index >= 15 is 0 Å². The van der Waals surface area contributed by atoms with Gasteiger partial charge in [-0.15, -0.1) is 12.6 Å². The number of benzene rings is 1. The Morgan fingerprint density at radius 2 is 1.40 bits per heavy atom. The van der Waals surface area contributed by atoms with E-state index in [9.17, 15) is 0 Å². The van der Waals surface area contributed by atoms with E-state index in [1.165, 1.54) is 0 Å². The molecule has 0 heterocycles. The SMILES string of the molecule is S=c1c(S)c(-c2ccccc2)c(=S)c1=S. The van der Waals surface area contributed by atoms with Crippen molar-refractivity contribution >= 4 is 49.3 Å². The molecule has 4 heteroatoms. The first-order valence-corrected chi connectivity index (χ1v) is 5.92. The minimum Gasteiger partial charge on any atom is -0.141 e. The van der Waals surface area contributed by atoms with E-state index in [4.69, 9.17) is 36.7 Å². The third kappa shape index (κ3) is 1.83. The first kappa shape index (κ1) is 11.1. The molecule has 0 amide bonds. The van der Waals surface area contributed by atoms with Gasteiger partial charge in [-0.1, -0.05) is 67.0 Å². The van der Waals surface area contributed by atoms with Crippen molar-refractivity contribution in [3.63, 3.8) is 0 Å². The van der Waals surface area contributed by atoms with Crippen molar-refractivity contribution < 1.29 is 0 Å². The van der Waals surface area contributed by atoms with Crippen LogP contribution in [-0.2, 0) is 0 Å².